The molecule has 20 heavy (non-hydrogen) atoms. The summed E-state index contributed by atoms with van der Waals surface area (Å²) in [6.07, 6.45) is 1.31. The van der Waals surface area contributed by atoms with E-state index in [1.165, 1.54) is 5.56 Å². The SMILES string of the molecule is CN(CCCNC(=O)CC(C)(C)N)Cc1ccccc1. The van der Waals surface area contributed by atoms with E-state index in [2.05, 4.69) is 41.5 Å². The lowest BCUT2D eigenvalue weighted by atomic mass is 10.0. The van der Waals surface area contributed by atoms with Gasteiger partial charge in [-0.05, 0) is 39.4 Å². The van der Waals surface area contributed by atoms with Crippen LogP contribution < -0.4 is 11.1 Å². The van der Waals surface area contributed by atoms with Gasteiger partial charge in [0, 0.05) is 25.0 Å². The highest BCUT2D eigenvalue weighted by Crippen LogP contribution is 2.04. The lowest BCUT2D eigenvalue weighted by Crippen LogP contribution is -2.39. The van der Waals surface area contributed by atoms with Crippen molar-refractivity contribution in [3.05, 3.63) is 35.9 Å². The van der Waals surface area contributed by atoms with Crippen molar-refractivity contribution >= 4 is 5.91 Å². The van der Waals surface area contributed by atoms with E-state index in [1.807, 2.05) is 19.9 Å². The summed E-state index contributed by atoms with van der Waals surface area (Å²) in [5.74, 6) is 0.0308. The summed E-state index contributed by atoms with van der Waals surface area (Å²) in [4.78, 5) is 13.8. The molecule has 0 spiro atoms. The van der Waals surface area contributed by atoms with Crippen LogP contribution in [0.3, 0.4) is 0 Å². The number of carbonyl (C=O) groups excluding carboxylic acids is 1. The average molecular weight is 277 g/mol. The Morgan fingerprint density at radius 1 is 1.30 bits per heavy atom. The van der Waals surface area contributed by atoms with Crippen molar-refractivity contribution in [2.45, 2.75) is 38.8 Å². The van der Waals surface area contributed by atoms with E-state index < -0.39 is 5.54 Å². The fraction of sp³-hybridized carbons (Fsp3) is 0.562. The molecule has 0 aromatic heterocycles. The van der Waals surface area contributed by atoms with Gasteiger partial charge in [-0.15, -0.1) is 0 Å². The zero-order chi connectivity index (χ0) is 15.0. The highest BCUT2D eigenvalue weighted by atomic mass is 16.1. The number of nitrogens with two attached hydrogens (primary N) is 1. The molecule has 0 aliphatic heterocycles. The number of rotatable bonds is 8. The molecule has 1 amide bonds. The van der Waals surface area contributed by atoms with Crippen molar-refractivity contribution in [1.82, 2.24) is 10.2 Å². The Morgan fingerprint density at radius 2 is 1.95 bits per heavy atom. The number of hydrogen-bond acceptors (Lipinski definition) is 3. The maximum Gasteiger partial charge on any atom is 0.221 e. The summed E-state index contributed by atoms with van der Waals surface area (Å²) in [7, 11) is 2.10. The smallest absolute Gasteiger partial charge is 0.221 e. The van der Waals surface area contributed by atoms with Crippen molar-refractivity contribution in [3.8, 4) is 0 Å². The minimum atomic E-state index is -0.436. The van der Waals surface area contributed by atoms with E-state index in [0.29, 0.717) is 13.0 Å². The fourth-order valence-electron chi connectivity index (χ4n) is 2.03. The third-order valence-corrected chi connectivity index (χ3v) is 2.95. The Bertz CT molecular complexity index is 398. The van der Waals surface area contributed by atoms with Gasteiger partial charge in [0.1, 0.15) is 0 Å². The predicted molar refractivity (Wildman–Crippen MR) is 83.3 cm³/mol. The molecule has 1 aromatic rings. The zero-order valence-electron chi connectivity index (χ0n) is 12.9. The first-order valence-corrected chi connectivity index (χ1v) is 7.15. The number of amides is 1. The monoisotopic (exact) mass is 277 g/mol. The van der Waals surface area contributed by atoms with Crippen LogP contribution in [0.4, 0.5) is 0 Å². The highest BCUT2D eigenvalue weighted by Gasteiger charge is 2.15. The maximum absolute atomic E-state index is 11.6. The van der Waals surface area contributed by atoms with Gasteiger partial charge in [0.25, 0.3) is 0 Å². The fourth-order valence-corrected chi connectivity index (χ4v) is 2.03. The van der Waals surface area contributed by atoms with Crippen molar-refractivity contribution < 1.29 is 4.79 Å². The second-order valence-corrected chi connectivity index (χ2v) is 6.09. The van der Waals surface area contributed by atoms with Gasteiger partial charge >= 0.3 is 0 Å². The van der Waals surface area contributed by atoms with Gasteiger partial charge < -0.3 is 16.0 Å². The second kappa shape index (κ2) is 8.02. The summed E-state index contributed by atoms with van der Waals surface area (Å²) in [5.41, 5.74) is 6.68. The molecule has 4 nitrogen and oxygen atoms in total. The van der Waals surface area contributed by atoms with Gasteiger partial charge in [-0.1, -0.05) is 30.3 Å². The molecule has 0 radical (unpaired) electrons. The van der Waals surface area contributed by atoms with E-state index >= 15 is 0 Å². The molecule has 0 aliphatic rings. The number of hydrogen-bond donors (Lipinski definition) is 2. The Kier molecular flexibility index (Phi) is 6.68. The number of nitrogens with zero attached hydrogens (tertiary/aromatic N) is 1. The molecule has 112 valence electrons. The minimum absolute atomic E-state index is 0.0308. The van der Waals surface area contributed by atoms with Crippen molar-refractivity contribution in [2.75, 3.05) is 20.1 Å². The molecule has 0 bridgehead atoms. The van der Waals surface area contributed by atoms with Gasteiger partial charge in [-0.3, -0.25) is 4.79 Å². The average Bonchev–Trinajstić information content (AvgIpc) is 2.34. The molecule has 0 saturated heterocycles. The van der Waals surface area contributed by atoms with Crippen LogP contribution in [0.1, 0.15) is 32.3 Å². The third kappa shape index (κ3) is 7.92. The van der Waals surface area contributed by atoms with Crippen LogP contribution in [0.25, 0.3) is 0 Å². The Hall–Kier alpha value is -1.39. The number of nitrogens with one attached hydrogen (secondary N) is 1. The van der Waals surface area contributed by atoms with Crippen LogP contribution in [-0.2, 0) is 11.3 Å². The molecular weight excluding hydrogens is 250 g/mol. The number of carbonyl (C=O) groups is 1. The quantitative estimate of drug-likeness (QED) is 0.712. The summed E-state index contributed by atoms with van der Waals surface area (Å²) in [6.45, 7) is 6.32. The van der Waals surface area contributed by atoms with Crippen LogP contribution >= 0.6 is 0 Å². The Balaban J connectivity index is 2.13. The van der Waals surface area contributed by atoms with Crippen molar-refractivity contribution in [2.24, 2.45) is 5.73 Å². The van der Waals surface area contributed by atoms with Gasteiger partial charge in [0.05, 0.1) is 0 Å². The van der Waals surface area contributed by atoms with Crippen LogP contribution in [0, 0.1) is 0 Å². The lowest BCUT2D eigenvalue weighted by Gasteiger charge is -2.19. The summed E-state index contributed by atoms with van der Waals surface area (Å²) >= 11 is 0. The molecule has 1 aromatic carbocycles. The molecule has 0 atom stereocenters. The van der Waals surface area contributed by atoms with Crippen LogP contribution in [0.15, 0.2) is 30.3 Å². The molecule has 4 heteroatoms. The van der Waals surface area contributed by atoms with E-state index in [9.17, 15) is 4.79 Å². The van der Waals surface area contributed by atoms with E-state index in [1.54, 1.807) is 0 Å². The maximum atomic E-state index is 11.6. The number of benzene rings is 1. The van der Waals surface area contributed by atoms with E-state index in [0.717, 1.165) is 19.5 Å². The summed E-state index contributed by atoms with van der Waals surface area (Å²) in [6, 6.07) is 10.4. The van der Waals surface area contributed by atoms with Crippen molar-refractivity contribution in [3.63, 3.8) is 0 Å². The van der Waals surface area contributed by atoms with Gasteiger partial charge in [0.15, 0.2) is 0 Å². The van der Waals surface area contributed by atoms with E-state index in [4.69, 9.17) is 5.73 Å². The van der Waals surface area contributed by atoms with E-state index in [-0.39, 0.29) is 5.91 Å². The lowest BCUT2D eigenvalue weighted by molar-refractivity contribution is -0.122. The first kappa shape index (κ1) is 16.7. The molecule has 1 rings (SSSR count). The Morgan fingerprint density at radius 3 is 2.55 bits per heavy atom. The molecule has 0 aliphatic carbocycles. The van der Waals surface area contributed by atoms with Crippen molar-refractivity contribution in [1.29, 1.82) is 0 Å². The van der Waals surface area contributed by atoms with Crippen LogP contribution in [-0.4, -0.2) is 36.5 Å². The summed E-state index contributed by atoms with van der Waals surface area (Å²) in [5, 5.41) is 2.91. The normalized spacial score (nSPS) is 11.7. The predicted octanol–water partition coefficient (Wildman–Crippen LogP) is 1.75. The zero-order valence-corrected chi connectivity index (χ0v) is 12.9. The van der Waals surface area contributed by atoms with Crippen LogP contribution in [0.2, 0.25) is 0 Å². The molecule has 0 fully saturated rings. The Labute approximate surface area is 122 Å². The van der Waals surface area contributed by atoms with Gasteiger partial charge in [0.2, 0.25) is 5.91 Å². The molecule has 0 saturated carbocycles. The molecule has 0 heterocycles. The molecule has 3 N–H and O–H groups in total. The highest BCUT2D eigenvalue weighted by molar-refractivity contribution is 5.76. The summed E-state index contributed by atoms with van der Waals surface area (Å²) < 4.78 is 0. The van der Waals surface area contributed by atoms with Gasteiger partial charge in [-0.2, -0.15) is 0 Å². The van der Waals surface area contributed by atoms with Gasteiger partial charge in [-0.25, -0.2) is 0 Å². The molecule has 0 unspecified atom stereocenters. The molecular formula is C16H27N3O. The standard InChI is InChI=1S/C16H27N3O/c1-16(2,17)12-15(20)18-10-7-11-19(3)13-14-8-5-4-6-9-14/h4-6,8-9H,7,10-13,17H2,1-3H3,(H,18,20). The first-order chi connectivity index (χ1) is 9.37. The van der Waals surface area contributed by atoms with Crippen LogP contribution in [0.5, 0.6) is 0 Å². The second-order valence-electron chi connectivity index (χ2n) is 6.09. The first-order valence-electron chi connectivity index (χ1n) is 7.15. The third-order valence-electron chi connectivity index (χ3n) is 2.95. The minimum Gasteiger partial charge on any atom is -0.356 e. The topological polar surface area (TPSA) is 58.4 Å². The largest absolute Gasteiger partial charge is 0.356 e.